The Kier molecular flexibility index (Phi) is 7.25. The smallest absolute Gasteiger partial charge is 0.505 e. The molecule has 0 aliphatic rings. The Morgan fingerprint density at radius 3 is 1.73 bits per heavy atom. The first kappa shape index (κ1) is 17.3. The van der Waals surface area contributed by atoms with E-state index in [-0.39, 0.29) is 0 Å². The summed E-state index contributed by atoms with van der Waals surface area (Å²) in [6.07, 6.45) is 4.92. The SMILES string of the molecule is CCCCCC[Si](I)(Oc1ccccc1)Oc1ccccc1. The predicted molar refractivity (Wildman–Crippen MR) is 103 cm³/mol. The Labute approximate surface area is 147 Å². The molecule has 0 N–H and O–H groups in total. The summed E-state index contributed by atoms with van der Waals surface area (Å²) in [5, 5.41) is 0. The van der Waals surface area contributed by atoms with Gasteiger partial charge in [0, 0.05) is 6.04 Å². The molecule has 0 unspecified atom stereocenters. The maximum absolute atomic E-state index is 6.29. The fraction of sp³-hybridized carbons (Fsp3) is 0.333. The Bertz CT molecular complexity index is 492. The first-order valence-electron chi connectivity index (χ1n) is 7.89. The molecule has 0 aromatic heterocycles. The lowest BCUT2D eigenvalue weighted by Crippen LogP contribution is -2.42. The van der Waals surface area contributed by atoms with E-state index in [0.29, 0.717) is 0 Å². The zero-order chi connectivity index (χ0) is 15.7. The molecule has 0 bridgehead atoms. The highest BCUT2D eigenvalue weighted by molar-refractivity contribution is 14.1. The van der Waals surface area contributed by atoms with Crippen LogP contribution in [0.1, 0.15) is 32.6 Å². The van der Waals surface area contributed by atoms with E-state index >= 15 is 0 Å². The van der Waals surface area contributed by atoms with Gasteiger partial charge in [-0.15, -0.1) is 0 Å². The average molecular weight is 426 g/mol. The molecule has 22 heavy (non-hydrogen) atoms. The third-order valence-electron chi connectivity index (χ3n) is 3.36. The molecular formula is C18H23IO2Si. The van der Waals surface area contributed by atoms with Gasteiger partial charge in [-0.2, -0.15) is 0 Å². The Morgan fingerprint density at radius 2 is 1.27 bits per heavy atom. The molecular weight excluding hydrogens is 403 g/mol. The molecule has 0 aliphatic heterocycles. The zero-order valence-electron chi connectivity index (χ0n) is 13.0. The van der Waals surface area contributed by atoms with Crippen LogP contribution in [0.15, 0.2) is 60.7 Å². The number of halogens is 1. The standard InChI is InChI=1S/C18H23IO2Si/c1-2-3-4-11-16-22(19,20-17-12-7-5-8-13-17)21-18-14-9-6-10-15-18/h5-10,12-15H,2-4,11,16H2,1H3. The number of hydrogen-bond donors (Lipinski definition) is 0. The first-order valence-corrected chi connectivity index (χ1v) is 13.0. The van der Waals surface area contributed by atoms with Gasteiger partial charge >= 0.3 is 6.06 Å². The Morgan fingerprint density at radius 1 is 0.773 bits per heavy atom. The van der Waals surface area contributed by atoms with Crippen LogP contribution in [-0.4, -0.2) is 6.06 Å². The van der Waals surface area contributed by atoms with Gasteiger partial charge in [0.2, 0.25) is 0 Å². The van der Waals surface area contributed by atoms with Gasteiger partial charge in [0.1, 0.15) is 11.5 Å². The zero-order valence-corrected chi connectivity index (χ0v) is 16.2. The summed E-state index contributed by atoms with van der Waals surface area (Å²) >= 11 is 2.43. The van der Waals surface area contributed by atoms with Gasteiger partial charge in [0.15, 0.2) is 0 Å². The summed E-state index contributed by atoms with van der Waals surface area (Å²) in [4.78, 5) is 0. The van der Waals surface area contributed by atoms with Gasteiger partial charge in [-0.05, 0) is 52.5 Å². The number of hydrogen-bond acceptors (Lipinski definition) is 2. The van der Waals surface area contributed by atoms with Gasteiger partial charge in [-0.25, -0.2) is 0 Å². The van der Waals surface area contributed by atoms with Crippen LogP contribution < -0.4 is 8.85 Å². The van der Waals surface area contributed by atoms with Crippen LogP contribution in [0.4, 0.5) is 0 Å². The highest BCUT2D eigenvalue weighted by Gasteiger charge is 2.38. The molecule has 118 valence electrons. The second-order valence-corrected chi connectivity index (χ2v) is 12.5. The molecule has 0 spiro atoms. The normalized spacial score (nSPS) is 11.2. The lowest BCUT2D eigenvalue weighted by Gasteiger charge is -2.26. The molecule has 0 radical (unpaired) electrons. The molecule has 0 fully saturated rings. The van der Waals surface area contributed by atoms with Crippen LogP contribution in [0.2, 0.25) is 6.04 Å². The number of rotatable bonds is 9. The molecule has 0 atom stereocenters. The van der Waals surface area contributed by atoms with Crippen LogP contribution in [0, 0.1) is 0 Å². The van der Waals surface area contributed by atoms with E-state index in [9.17, 15) is 0 Å². The summed E-state index contributed by atoms with van der Waals surface area (Å²) in [6, 6.07) is 18.7. The first-order chi connectivity index (χ1) is 10.7. The van der Waals surface area contributed by atoms with Crippen molar-refractivity contribution in [3.63, 3.8) is 0 Å². The van der Waals surface area contributed by atoms with Gasteiger partial charge in [-0.1, -0.05) is 62.6 Å². The van der Waals surface area contributed by atoms with E-state index in [4.69, 9.17) is 8.85 Å². The van der Waals surface area contributed by atoms with Crippen LogP contribution in [0.3, 0.4) is 0 Å². The number of benzene rings is 2. The third-order valence-corrected chi connectivity index (χ3v) is 8.33. The highest BCUT2D eigenvalue weighted by atomic mass is 127. The van der Waals surface area contributed by atoms with E-state index in [1.807, 2.05) is 60.7 Å². The van der Waals surface area contributed by atoms with E-state index in [1.165, 1.54) is 19.3 Å². The van der Waals surface area contributed by atoms with Crippen LogP contribution in [-0.2, 0) is 0 Å². The van der Waals surface area contributed by atoms with Crippen molar-refractivity contribution in [1.82, 2.24) is 0 Å². The summed E-state index contributed by atoms with van der Waals surface area (Å²) in [7, 11) is 0. The fourth-order valence-corrected chi connectivity index (χ4v) is 6.78. The second kappa shape index (κ2) is 9.20. The van der Waals surface area contributed by atoms with Crippen molar-refractivity contribution in [3.05, 3.63) is 60.7 Å². The van der Waals surface area contributed by atoms with Crippen molar-refractivity contribution in [2.45, 2.75) is 38.7 Å². The van der Waals surface area contributed by atoms with Gasteiger partial charge in [-0.3, -0.25) is 0 Å². The Balaban J connectivity index is 2.05. The van der Waals surface area contributed by atoms with Crippen molar-refractivity contribution in [3.8, 4) is 11.5 Å². The van der Waals surface area contributed by atoms with Gasteiger partial charge < -0.3 is 8.85 Å². The minimum Gasteiger partial charge on any atom is -0.505 e. The van der Waals surface area contributed by atoms with Crippen molar-refractivity contribution in [2.24, 2.45) is 0 Å². The summed E-state index contributed by atoms with van der Waals surface area (Å²) in [6.45, 7) is 2.23. The number of para-hydroxylation sites is 2. The molecule has 0 saturated heterocycles. The minimum absolute atomic E-state index is 0.898. The maximum Gasteiger partial charge on any atom is 0.530 e. The minimum atomic E-state index is -2.31. The largest absolute Gasteiger partial charge is 0.530 e. The molecule has 0 amide bonds. The molecule has 2 aromatic rings. The molecule has 2 nitrogen and oxygen atoms in total. The summed E-state index contributed by atoms with van der Waals surface area (Å²) < 4.78 is 12.6. The molecule has 2 aromatic carbocycles. The van der Waals surface area contributed by atoms with Gasteiger partial charge in [0.05, 0.1) is 0 Å². The monoisotopic (exact) mass is 426 g/mol. The molecule has 0 heterocycles. The Hall–Kier alpha value is -1.01. The van der Waals surface area contributed by atoms with Crippen molar-refractivity contribution in [2.75, 3.05) is 0 Å². The van der Waals surface area contributed by atoms with E-state index in [2.05, 4.69) is 28.7 Å². The second-order valence-electron chi connectivity index (χ2n) is 5.30. The van der Waals surface area contributed by atoms with E-state index in [0.717, 1.165) is 24.0 Å². The lowest BCUT2D eigenvalue weighted by atomic mass is 10.2. The predicted octanol–water partition coefficient (Wildman–Crippen LogP) is 6.10. The van der Waals surface area contributed by atoms with E-state index in [1.54, 1.807) is 0 Å². The van der Waals surface area contributed by atoms with Crippen LogP contribution in [0.5, 0.6) is 11.5 Å². The molecule has 0 aliphatic carbocycles. The summed E-state index contributed by atoms with van der Waals surface area (Å²) in [5.74, 6) is 1.80. The highest BCUT2D eigenvalue weighted by Crippen LogP contribution is 2.29. The molecule has 0 saturated carbocycles. The maximum atomic E-state index is 6.29. The lowest BCUT2D eigenvalue weighted by molar-refractivity contribution is 0.411. The van der Waals surface area contributed by atoms with E-state index < -0.39 is 6.06 Å². The van der Waals surface area contributed by atoms with Crippen molar-refractivity contribution >= 4 is 27.9 Å². The van der Waals surface area contributed by atoms with Crippen molar-refractivity contribution < 1.29 is 8.85 Å². The van der Waals surface area contributed by atoms with Gasteiger partial charge in [0.25, 0.3) is 0 Å². The average Bonchev–Trinajstić information content (AvgIpc) is 2.53. The van der Waals surface area contributed by atoms with Crippen LogP contribution >= 0.6 is 21.8 Å². The van der Waals surface area contributed by atoms with Crippen molar-refractivity contribution in [1.29, 1.82) is 0 Å². The number of unbranched alkanes of at least 4 members (excludes halogenated alkanes) is 3. The van der Waals surface area contributed by atoms with Crippen LogP contribution in [0.25, 0.3) is 0 Å². The molecule has 2 rings (SSSR count). The summed E-state index contributed by atoms with van der Waals surface area (Å²) in [5.41, 5.74) is 0. The quantitative estimate of drug-likeness (QED) is 0.209. The fourth-order valence-electron chi connectivity index (χ4n) is 2.21. The molecule has 4 heteroatoms. The topological polar surface area (TPSA) is 18.5 Å². The third kappa shape index (κ3) is 6.00.